The minimum atomic E-state index is -3.98. The van der Waals surface area contributed by atoms with Crippen molar-refractivity contribution in [3.63, 3.8) is 0 Å². The van der Waals surface area contributed by atoms with Crippen LogP contribution in [-0.4, -0.2) is 39.9 Å². The molecule has 33 heavy (non-hydrogen) atoms. The summed E-state index contributed by atoms with van der Waals surface area (Å²) in [6, 6.07) is 14.6. The number of carbonyl (C=O) groups is 3. The molecule has 0 spiro atoms. The molecule has 0 bridgehead atoms. The lowest BCUT2D eigenvalue weighted by Gasteiger charge is -2.10. The molecule has 3 N–H and O–H groups in total. The Balaban J connectivity index is 1.73. The predicted molar refractivity (Wildman–Crippen MR) is 125 cm³/mol. The Labute approximate surface area is 194 Å². The van der Waals surface area contributed by atoms with Crippen LogP contribution in [0.2, 0.25) is 0 Å². The van der Waals surface area contributed by atoms with Crippen LogP contribution in [-0.2, 0) is 14.8 Å². The van der Waals surface area contributed by atoms with E-state index in [-0.39, 0.29) is 28.7 Å². The maximum absolute atomic E-state index is 12.8. The Morgan fingerprint density at radius 2 is 1.67 bits per heavy atom. The summed E-state index contributed by atoms with van der Waals surface area (Å²) in [4.78, 5) is 36.2. The Hall–Kier alpha value is -3.70. The van der Waals surface area contributed by atoms with E-state index in [4.69, 9.17) is 4.74 Å². The number of carbonyl (C=O) groups excluding carboxylic acids is 3. The summed E-state index contributed by atoms with van der Waals surface area (Å²) in [5.41, 5.74) is 0.778. The van der Waals surface area contributed by atoms with Crippen LogP contribution in [0.1, 0.15) is 37.3 Å². The molecule has 3 rings (SSSR count). The van der Waals surface area contributed by atoms with Gasteiger partial charge in [-0.2, -0.15) is 0 Å². The molecule has 0 unspecified atom stereocenters. The van der Waals surface area contributed by atoms with Gasteiger partial charge in [0.05, 0.1) is 16.5 Å². The Kier molecular flexibility index (Phi) is 7.46. The molecule has 2 aromatic carbocycles. The molecule has 1 aromatic heterocycles. The van der Waals surface area contributed by atoms with Crippen LogP contribution in [0.3, 0.4) is 0 Å². The fourth-order valence-electron chi connectivity index (χ4n) is 2.75. The van der Waals surface area contributed by atoms with Crippen molar-refractivity contribution in [2.45, 2.75) is 11.8 Å². The average Bonchev–Trinajstić information content (AvgIpc) is 3.27. The molecule has 3 aromatic rings. The second kappa shape index (κ2) is 10.3. The van der Waals surface area contributed by atoms with Crippen LogP contribution in [0.4, 0.5) is 10.7 Å². The number of sulfonamides is 1. The molecular weight excluding hydrogens is 466 g/mol. The van der Waals surface area contributed by atoms with Crippen molar-refractivity contribution in [2.24, 2.45) is 0 Å². The molecule has 0 saturated heterocycles. The molecule has 0 saturated carbocycles. The van der Waals surface area contributed by atoms with Gasteiger partial charge in [0.15, 0.2) is 0 Å². The first-order valence-corrected chi connectivity index (χ1v) is 12.1. The third-order valence-electron chi connectivity index (χ3n) is 4.35. The van der Waals surface area contributed by atoms with E-state index in [1.807, 2.05) is 0 Å². The molecule has 0 aliphatic rings. The second-order valence-corrected chi connectivity index (χ2v) is 9.39. The number of hydrogen-bond acceptors (Lipinski definition) is 7. The first kappa shape index (κ1) is 24.0. The monoisotopic (exact) mass is 487 g/mol. The summed E-state index contributed by atoms with van der Waals surface area (Å²) < 4.78 is 32.9. The molecule has 2 amide bonds. The summed E-state index contributed by atoms with van der Waals surface area (Å²) in [6.45, 7) is 1.94. The number of amides is 2. The average molecular weight is 488 g/mol. The lowest BCUT2D eigenvalue weighted by molar-refractivity contribution is 0.0531. The van der Waals surface area contributed by atoms with Crippen LogP contribution in [0, 0.1) is 0 Å². The summed E-state index contributed by atoms with van der Waals surface area (Å²) in [5, 5.41) is 5.55. The maximum atomic E-state index is 12.8. The quantitative estimate of drug-likeness (QED) is 0.418. The Morgan fingerprint density at radius 1 is 0.939 bits per heavy atom. The lowest BCUT2D eigenvalue weighted by Crippen LogP contribution is -2.18. The molecule has 0 fully saturated rings. The summed E-state index contributed by atoms with van der Waals surface area (Å²) >= 11 is 1.05. The van der Waals surface area contributed by atoms with E-state index < -0.39 is 21.9 Å². The third-order valence-corrected chi connectivity index (χ3v) is 6.71. The standard InChI is InChI=1S/C22H21N3O6S2/c1-3-31-22(28)18-11-12-19(32-18)24-21(27)15-5-4-6-17(13-15)33(29,30)25-16-9-7-14(8-10-16)20(26)23-2/h4-13,25H,3H2,1-2H3,(H,23,26)(H,24,27). The highest BCUT2D eigenvalue weighted by molar-refractivity contribution is 7.92. The molecule has 0 atom stereocenters. The van der Waals surface area contributed by atoms with Gasteiger partial charge in [-0.15, -0.1) is 11.3 Å². The number of hydrogen-bond donors (Lipinski definition) is 3. The fourth-order valence-corrected chi connectivity index (χ4v) is 4.65. The van der Waals surface area contributed by atoms with Gasteiger partial charge in [0.25, 0.3) is 21.8 Å². The van der Waals surface area contributed by atoms with Crippen LogP contribution in [0.5, 0.6) is 0 Å². The minimum Gasteiger partial charge on any atom is -0.462 e. The van der Waals surface area contributed by atoms with E-state index in [0.717, 1.165) is 11.3 Å². The first-order chi connectivity index (χ1) is 15.7. The van der Waals surface area contributed by atoms with Gasteiger partial charge in [0.2, 0.25) is 0 Å². The van der Waals surface area contributed by atoms with E-state index in [1.165, 1.54) is 55.6 Å². The molecular formula is C22H21N3O6S2. The zero-order valence-electron chi connectivity index (χ0n) is 17.7. The smallest absolute Gasteiger partial charge is 0.348 e. The maximum Gasteiger partial charge on any atom is 0.348 e. The molecule has 11 heteroatoms. The molecule has 9 nitrogen and oxygen atoms in total. The molecule has 0 radical (unpaired) electrons. The topological polar surface area (TPSA) is 131 Å². The van der Waals surface area contributed by atoms with E-state index in [9.17, 15) is 22.8 Å². The minimum absolute atomic E-state index is 0.107. The predicted octanol–water partition coefficient (Wildman–Crippen LogP) is 3.34. The van der Waals surface area contributed by atoms with Crippen molar-refractivity contribution in [2.75, 3.05) is 23.7 Å². The van der Waals surface area contributed by atoms with E-state index in [0.29, 0.717) is 15.4 Å². The van der Waals surface area contributed by atoms with E-state index >= 15 is 0 Å². The highest BCUT2D eigenvalue weighted by Crippen LogP contribution is 2.24. The lowest BCUT2D eigenvalue weighted by atomic mass is 10.2. The number of anilines is 2. The highest BCUT2D eigenvalue weighted by Gasteiger charge is 2.18. The Morgan fingerprint density at radius 3 is 2.33 bits per heavy atom. The number of rotatable bonds is 8. The second-order valence-electron chi connectivity index (χ2n) is 6.63. The van der Waals surface area contributed by atoms with Crippen LogP contribution in [0.25, 0.3) is 0 Å². The fraction of sp³-hybridized carbons (Fsp3) is 0.136. The van der Waals surface area contributed by atoms with Gasteiger partial charge < -0.3 is 15.4 Å². The van der Waals surface area contributed by atoms with Crippen molar-refractivity contribution >= 4 is 49.8 Å². The number of ether oxygens (including phenoxy) is 1. The van der Waals surface area contributed by atoms with Crippen LogP contribution >= 0.6 is 11.3 Å². The van der Waals surface area contributed by atoms with Crippen molar-refractivity contribution in [3.05, 3.63) is 76.7 Å². The SMILES string of the molecule is CCOC(=O)c1ccc(NC(=O)c2cccc(S(=O)(=O)Nc3ccc(C(=O)NC)cc3)c2)s1. The zero-order valence-corrected chi connectivity index (χ0v) is 19.4. The molecule has 0 aliphatic heterocycles. The summed E-state index contributed by atoms with van der Waals surface area (Å²) in [7, 11) is -2.48. The number of esters is 1. The summed E-state index contributed by atoms with van der Waals surface area (Å²) in [6.07, 6.45) is 0. The van der Waals surface area contributed by atoms with Gasteiger partial charge in [-0.05, 0) is 61.5 Å². The van der Waals surface area contributed by atoms with E-state index in [2.05, 4.69) is 15.4 Å². The largest absolute Gasteiger partial charge is 0.462 e. The van der Waals surface area contributed by atoms with Crippen molar-refractivity contribution in [1.29, 1.82) is 0 Å². The molecule has 0 aliphatic carbocycles. The number of benzene rings is 2. The number of thiophene rings is 1. The van der Waals surface area contributed by atoms with Gasteiger partial charge in [-0.1, -0.05) is 6.07 Å². The zero-order chi connectivity index (χ0) is 24.0. The molecule has 172 valence electrons. The van der Waals surface area contributed by atoms with Gasteiger partial charge in [0.1, 0.15) is 4.88 Å². The van der Waals surface area contributed by atoms with Gasteiger partial charge in [-0.3, -0.25) is 14.3 Å². The van der Waals surface area contributed by atoms with Crippen LogP contribution in [0.15, 0.2) is 65.6 Å². The van der Waals surface area contributed by atoms with E-state index in [1.54, 1.807) is 19.1 Å². The molecule has 1 heterocycles. The highest BCUT2D eigenvalue weighted by atomic mass is 32.2. The first-order valence-electron chi connectivity index (χ1n) is 9.77. The van der Waals surface area contributed by atoms with Gasteiger partial charge in [-0.25, -0.2) is 13.2 Å². The Bertz CT molecular complexity index is 1280. The number of nitrogens with one attached hydrogen (secondary N) is 3. The van der Waals surface area contributed by atoms with Gasteiger partial charge in [0, 0.05) is 23.9 Å². The van der Waals surface area contributed by atoms with Crippen LogP contribution < -0.4 is 15.4 Å². The normalized spacial score (nSPS) is 10.8. The third kappa shape index (κ3) is 5.96. The van der Waals surface area contributed by atoms with Crippen molar-refractivity contribution in [3.8, 4) is 0 Å². The van der Waals surface area contributed by atoms with Crippen molar-refractivity contribution < 1.29 is 27.5 Å². The summed E-state index contributed by atoms with van der Waals surface area (Å²) in [5.74, 6) is -1.30. The van der Waals surface area contributed by atoms with Gasteiger partial charge >= 0.3 is 5.97 Å². The van der Waals surface area contributed by atoms with Crippen molar-refractivity contribution in [1.82, 2.24) is 5.32 Å².